The van der Waals surface area contributed by atoms with Gasteiger partial charge in [0.1, 0.15) is 36.1 Å². The minimum Gasteiger partial charge on any atom is -0.388 e. The number of thioether (sulfide) groups is 1. The molecule has 0 aromatic rings. The molecule has 5 N–H and O–H groups in total. The lowest BCUT2D eigenvalue weighted by Gasteiger charge is -2.44. The monoisotopic (exact) mass is 448 g/mol. The Balaban J connectivity index is 2.09. The summed E-state index contributed by atoms with van der Waals surface area (Å²) < 4.78 is 5.76. The van der Waals surface area contributed by atoms with Crippen molar-refractivity contribution in [2.24, 2.45) is 0 Å². The van der Waals surface area contributed by atoms with Crippen LogP contribution in [0.5, 0.6) is 0 Å². The molecule has 164 valence electrons. The lowest BCUT2D eigenvalue weighted by atomic mass is 9.93. The highest BCUT2D eigenvalue weighted by atomic mass is 35.5. The average molecular weight is 449 g/mol. The molecule has 1 amide bonds. The van der Waals surface area contributed by atoms with E-state index in [0.29, 0.717) is 25.7 Å². The van der Waals surface area contributed by atoms with Crippen molar-refractivity contribution in [3.63, 3.8) is 0 Å². The van der Waals surface area contributed by atoms with Gasteiger partial charge in [-0.25, -0.2) is 0 Å². The summed E-state index contributed by atoms with van der Waals surface area (Å²) in [5.74, 6) is -0.309. The van der Waals surface area contributed by atoms with Crippen molar-refractivity contribution in [2.75, 3.05) is 12.8 Å². The van der Waals surface area contributed by atoms with Crippen LogP contribution in [-0.4, -0.2) is 87.6 Å². The Morgan fingerprint density at radius 1 is 1.38 bits per heavy atom. The molecule has 0 bridgehead atoms. The number of aliphatic hydroxyl groups is 3. The zero-order valence-corrected chi connectivity index (χ0v) is 18.0. The van der Waals surface area contributed by atoms with Crippen molar-refractivity contribution in [2.45, 2.75) is 67.1 Å². The molecule has 8 nitrogen and oxygen atoms in total. The Hall–Kier alpha value is -0.940. The largest absolute Gasteiger partial charge is 0.388 e. The van der Waals surface area contributed by atoms with Crippen molar-refractivity contribution in [3.05, 3.63) is 23.8 Å². The summed E-state index contributed by atoms with van der Waals surface area (Å²) in [6.45, 7) is 2.23. The molecule has 0 saturated carbocycles. The van der Waals surface area contributed by atoms with E-state index in [9.17, 15) is 24.9 Å². The van der Waals surface area contributed by atoms with Crippen LogP contribution in [0.1, 0.15) is 19.8 Å². The van der Waals surface area contributed by atoms with Gasteiger partial charge in [0.2, 0.25) is 5.91 Å². The zero-order chi connectivity index (χ0) is 21.6. The number of hydrogen-bond donors (Lipinski definition) is 5. The first-order valence-electron chi connectivity index (χ1n) is 9.51. The summed E-state index contributed by atoms with van der Waals surface area (Å²) in [7, 11) is 0. The maximum Gasteiger partial charge on any atom is 0.237 e. The standard InChI is InChI=1S/C19H29ClN2O6S/c1-10(20)13(17-15(25)14(24)16(26)19(28-17)29-2)22-18(27)12-6-5-11(4-3-9-23)7-8-21-12/h3-5,9-10,12-17,19,21,24-26H,6-8H2,1-2H3,(H,22,27)/b4-3+. The molecular weight excluding hydrogens is 420 g/mol. The molecule has 29 heavy (non-hydrogen) atoms. The van der Waals surface area contributed by atoms with Crippen LogP contribution < -0.4 is 10.6 Å². The fourth-order valence-electron chi connectivity index (χ4n) is 3.45. The summed E-state index contributed by atoms with van der Waals surface area (Å²) in [6, 6.07) is -1.29. The molecule has 2 rings (SSSR count). The minimum absolute atomic E-state index is 0.309. The van der Waals surface area contributed by atoms with E-state index >= 15 is 0 Å². The van der Waals surface area contributed by atoms with Crippen molar-refractivity contribution in [1.29, 1.82) is 0 Å². The Morgan fingerprint density at radius 3 is 2.72 bits per heavy atom. The number of alkyl halides is 1. The smallest absolute Gasteiger partial charge is 0.237 e. The average Bonchev–Trinajstić information content (AvgIpc) is 2.95. The molecule has 2 heterocycles. The molecule has 2 aliphatic heterocycles. The van der Waals surface area contributed by atoms with Gasteiger partial charge in [-0.15, -0.1) is 23.4 Å². The van der Waals surface area contributed by atoms with Gasteiger partial charge in [-0.2, -0.15) is 0 Å². The van der Waals surface area contributed by atoms with Crippen LogP contribution in [0.2, 0.25) is 0 Å². The first kappa shape index (κ1) is 24.3. The number of amides is 1. The molecule has 0 aromatic heterocycles. The Labute approximate surface area is 179 Å². The van der Waals surface area contributed by atoms with Crippen molar-refractivity contribution >= 4 is 35.6 Å². The maximum absolute atomic E-state index is 12.8. The van der Waals surface area contributed by atoms with Gasteiger partial charge in [0.25, 0.3) is 0 Å². The second-order valence-electron chi connectivity index (χ2n) is 7.16. The van der Waals surface area contributed by atoms with Gasteiger partial charge in [-0.05, 0) is 38.6 Å². The predicted molar refractivity (Wildman–Crippen MR) is 112 cm³/mol. The van der Waals surface area contributed by atoms with E-state index in [1.807, 2.05) is 6.08 Å². The van der Waals surface area contributed by atoms with Crippen LogP contribution in [0.3, 0.4) is 0 Å². The molecule has 0 radical (unpaired) electrons. The maximum atomic E-state index is 12.8. The number of aliphatic hydroxyl groups excluding tert-OH is 3. The summed E-state index contributed by atoms with van der Waals surface area (Å²) in [5, 5.41) is 36.0. The SMILES string of the molecule is CSC1OC(C(NC(=O)C2CC=C(/C=C/C=O)CCN2)C(C)Cl)C(O)C(O)C1O. The van der Waals surface area contributed by atoms with Crippen molar-refractivity contribution in [1.82, 2.24) is 10.6 Å². The van der Waals surface area contributed by atoms with Gasteiger partial charge in [0.05, 0.1) is 17.5 Å². The molecule has 1 fully saturated rings. The number of hydrogen-bond acceptors (Lipinski definition) is 8. The van der Waals surface area contributed by atoms with Gasteiger partial charge in [-0.1, -0.05) is 17.7 Å². The first-order chi connectivity index (χ1) is 13.8. The zero-order valence-electron chi connectivity index (χ0n) is 16.4. The fraction of sp³-hybridized carbons (Fsp3) is 0.684. The van der Waals surface area contributed by atoms with Crippen molar-refractivity contribution in [3.8, 4) is 0 Å². The first-order valence-corrected chi connectivity index (χ1v) is 11.2. The van der Waals surface area contributed by atoms with E-state index in [2.05, 4.69) is 10.6 Å². The number of nitrogens with one attached hydrogen (secondary N) is 2. The van der Waals surface area contributed by atoms with E-state index < -0.39 is 47.3 Å². The third-order valence-corrected chi connectivity index (χ3v) is 6.25. The number of carbonyl (C=O) groups excluding carboxylic acids is 2. The fourth-order valence-corrected chi connectivity index (χ4v) is 4.33. The van der Waals surface area contributed by atoms with Gasteiger partial charge >= 0.3 is 0 Å². The van der Waals surface area contributed by atoms with Crippen LogP contribution in [0.25, 0.3) is 0 Å². The van der Waals surface area contributed by atoms with E-state index in [-0.39, 0.29) is 5.91 Å². The predicted octanol–water partition coefficient (Wildman–Crippen LogP) is -0.297. The summed E-state index contributed by atoms with van der Waals surface area (Å²) in [4.78, 5) is 23.3. The molecule has 0 aliphatic carbocycles. The van der Waals surface area contributed by atoms with Crippen LogP contribution in [0, 0.1) is 0 Å². The molecule has 1 saturated heterocycles. The second kappa shape index (κ2) is 11.5. The highest BCUT2D eigenvalue weighted by molar-refractivity contribution is 7.99. The molecule has 8 unspecified atom stereocenters. The highest BCUT2D eigenvalue weighted by Gasteiger charge is 2.48. The van der Waals surface area contributed by atoms with Gasteiger partial charge in [0, 0.05) is 0 Å². The normalized spacial score (nSPS) is 35.4. The minimum atomic E-state index is -1.41. The van der Waals surface area contributed by atoms with Crippen LogP contribution in [0.15, 0.2) is 23.8 Å². The lowest BCUT2D eigenvalue weighted by Crippen LogP contribution is -2.65. The molecule has 10 heteroatoms. The highest BCUT2D eigenvalue weighted by Crippen LogP contribution is 2.30. The third-order valence-electron chi connectivity index (χ3n) is 5.12. The molecule has 0 aromatic carbocycles. The number of rotatable bonds is 7. The topological polar surface area (TPSA) is 128 Å². The molecule has 0 spiro atoms. The quantitative estimate of drug-likeness (QED) is 0.204. The Bertz CT molecular complexity index is 630. The van der Waals surface area contributed by atoms with Gasteiger partial charge < -0.3 is 30.7 Å². The van der Waals surface area contributed by atoms with E-state index in [1.54, 1.807) is 19.3 Å². The second-order valence-corrected chi connectivity index (χ2v) is 8.78. The van der Waals surface area contributed by atoms with E-state index in [1.165, 1.54) is 17.8 Å². The third kappa shape index (κ3) is 6.27. The van der Waals surface area contributed by atoms with Crippen LogP contribution >= 0.6 is 23.4 Å². The van der Waals surface area contributed by atoms with Crippen LogP contribution in [0.4, 0.5) is 0 Å². The Kier molecular flexibility index (Phi) is 9.61. The number of carbonyl (C=O) groups is 2. The van der Waals surface area contributed by atoms with Crippen molar-refractivity contribution < 1.29 is 29.6 Å². The lowest BCUT2D eigenvalue weighted by molar-refractivity contribution is -0.205. The summed E-state index contributed by atoms with van der Waals surface area (Å²) in [6.07, 6.45) is 3.54. The summed E-state index contributed by atoms with van der Waals surface area (Å²) >= 11 is 7.48. The van der Waals surface area contributed by atoms with E-state index in [4.69, 9.17) is 16.3 Å². The number of allylic oxidation sites excluding steroid dienone is 2. The number of aldehydes is 1. The summed E-state index contributed by atoms with van der Waals surface area (Å²) in [5.41, 5.74) is 0.215. The van der Waals surface area contributed by atoms with Crippen LogP contribution in [-0.2, 0) is 14.3 Å². The van der Waals surface area contributed by atoms with Gasteiger partial charge in [0.15, 0.2) is 0 Å². The number of halogens is 1. The van der Waals surface area contributed by atoms with E-state index in [0.717, 1.165) is 5.57 Å². The molecule has 2 aliphatic rings. The molecule has 8 atom stereocenters. The molecular formula is C19H29ClN2O6S. The Morgan fingerprint density at radius 2 is 2.10 bits per heavy atom. The number of ether oxygens (including phenoxy) is 1. The van der Waals surface area contributed by atoms with Gasteiger partial charge in [-0.3, -0.25) is 9.59 Å².